The normalized spacial score (nSPS) is 24.5. The van der Waals surface area contributed by atoms with E-state index in [9.17, 15) is 0 Å². The van der Waals surface area contributed by atoms with E-state index in [0.29, 0.717) is 16.6 Å². The number of nitrogens with two attached hydrogens (primary N) is 1. The van der Waals surface area contributed by atoms with Crippen molar-refractivity contribution in [2.75, 3.05) is 12.3 Å². The van der Waals surface area contributed by atoms with Gasteiger partial charge >= 0.3 is 0 Å². The van der Waals surface area contributed by atoms with Gasteiger partial charge in [0.2, 0.25) is 0 Å². The number of hydrogen-bond donors (Lipinski definition) is 2. The van der Waals surface area contributed by atoms with Gasteiger partial charge in [-0.15, -0.1) is 11.8 Å². The molecule has 6 nitrogen and oxygen atoms in total. The average molecular weight is 251 g/mol. The van der Waals surface area contributed by atoms with E-state index in [1.165, 1.54) is 6.33 Å². The Morgan fingerprint density at radius 1 is 1.41 bits per heavy atom. The Kier molecular flexibility index (Phi) is 2.64. The van der Waals surface area contributed by atoms with Gasteiger partial charge in [-0.05, 0) is 12.8 Å². The summed E-state index contributed by atoms with van der Waals surface area (Å²) in [7, 11) is 0. The molecule has 2 aromatic heterocycles. The van der Waals surface area contributed by atoms with Gasteiger partial charge in [-0.2, -0.15) is 0 Å². The summed E-state index contributed by atoms with van der Waals surface area (Å²) < 4.78 is 2.02. The summed E-state index contributed by atoms with van der Waals surface area (Å²) in [5, 5.41) is 9.75. The Labute approximate surface area is 102 Å². The van der Waals surface area contributed by atoms with Crippen molar-refractivity contribution >= 4 is 28.7 Å². The largest absolute Gasteiger partial charge is 0.395 e. The Morgan fingerprint density at radius 2 is 2.29 bits per heavy atom. The number of hydrogen-bond acceptors (Lipinski definition) is 6. The molecule has 17 heavy (non-hydrogen) atoms. The fraction of sp³-hybridized carbons (Fsp3) is 0.500. The summed E-state index contributed by atoms with van der Waals surface area (Å²) >= 11 is 1.76. The molecule has 2 aromatic rings. The van der Waals surface area contributed by atoms with Crippen LogP contribution < -0.4 is 5.73 Å². The third-order valence-electron chi connectivity index (χ3n) is 2.99. The molecule has 0 radical (unpaired) electrons. The molecule has 0 aliphatic carbocycles. The summed E-state index contributed by atoms with van der Waals surface area (Å²) in [6.45, 7) is 0.227. The van der Waals surface area contributed by atoms with E-state index >= 15 is 0 Å². The molecule has 0 aromatic carbocycles. The Bertz CT molecular complexity index is 542. The van der Waals surface area contributed by atoms with Gasteiger partial charge in [-0.3, -0.25) is 0 Å². The van der Waals surface area contributed by atoms with Crippen LogP contribution in [-0.4, -0.2) is 36.5 Å². The zero-order valence-corrected chi connectivity index (χ0v) is 9.97. The molecule has 0 saturated carbocycles. The second-order valence-corrected chi connectivity index (χ2v) is 5.54. The lowest BCUT2D eigenvalue weighted by molar-refractivity contribution is 0.292. The Balaban J connectivity index is 1.99. The zero-order chi connectivity index (χ0) is 11.8. The van der Waals surface area contributed by atoms with Crippen LogP contribution in [0.25, 0.3) is 11.2 Å². The molecule has 2 unspecified atom stereocenters. The van der Waals surface area contributed by atoms with Gasteiger partial charge in [0, 0.05) is 5.25 Å². The minimum absolute atomic E-state index is 0.227. The van der Waals surface area contributed by atoms with E-state index in [1.807, 2.05) is 4.57 Å². The van der Waals surface area contributed by atoms with Crippen molar-refractivity contribution in [3.8, 4) is 0 Å². The van der Waals surface area contributed by atoms with Crippen LogP contribution in [0.5, 0.6) is 0 Å². The maximum atomic E-state index is 9.15. The van der Waals surface area contributed by atoms with Gasteiger partial charge in [0.1, 0.15) is 11.8 Å². The Hall–Kier alpha value is -1.34. The lowest BCUT2D eigenvalue weighted by Gasteiger charge is -2.11. The highest BCUT2D eigenvalue weighted by atomic mass is 32.2. The number of rotatable bonds is 2. The van der Waals surface area contributed by atoms with Crippen molar-refractivity contribution in [3.05, 3.63) is 12.7 Å². The van der Waals surface area contributed by atoms with Crippen molar-refractivity contribution < 1.29 is 5.11 Å². The molecule has 3 rings (SSSR count). The smallest absolute Gasteiger partial charge is 0.166 e. The van der Waals surface area contributed by atoms with Crippen LogP contribution in [0.15, 0.2) is 12.7 Å². The van der Waals surface area contributed by atoms with Crippen LogP contribution in [0.1, 0.15) is 18.2 Å². The number of aromatic nitrogens is 4. The second-order valence-electron chi connectivity index (χ2n) is 4.06. The van der Waals surface area contributed by atoms with Crippen LogP contribution in [0.3, 0.4) is 0 Å². The van der Waals surface area contributed by atoms with E-state index < -0.39 is 0 Å². The monoisotopic (exact) mass is 251 g/mol. The van der Waals surface area contributed by atoms with Crippen LogP contribution in [0.4, 0.5) is 5.82 Å². The molecular formula is C10H13N5OS. The summed E-state index contributed by atoms with van der Waals surface area (Å²) in [6.07, 6.45) is 5.25. The highest BCUT2D eigenvalue weighted by molar-refractivity contribution is 8.00. The molecule has 1 saturated heterocycles. The predicted molar refractivity (Wildman–Crippen MR) is 66.5 cm³/mol. The molecule has 1 fully saturated rings. The summed E-state index contributed by atoms with van der Waals surface area (Å²) in [4.78, 5) is 12.4. The highest BCUT2D eigenvalue weighted by Gasteiger charge is 2.27. The van der Waals surface area contributed by atoms with E-state index in [1.54, 1.807) is 18.1 Å². The average Bonchev–Trinajstić information content (AvgIpc) is 2.94. The van der Waals surface area contributed by atoms with Crippen LogP contribution >= 0.6 is 11.8 Å². The highest BCUT2D eigenvalue weighted by Crippen LogP contribution is 2.42. The van der Waals surface area contributed by atoms with Gasteiger partial charge < -0.3 is 15.4 Å². The number of aliphatic hydroxyl groups excluding tert-OH is 1. The summed E-state index contributed by atoms with van der Waals surface area (Å²) in [5.74, 6) is 0.412. The van der Waals surface area contributed by atoms with Gasteiger partial charge in [-0.25, -0.2) is 15.0 Å². The van der Waals surface area contributed by atoms with E-state index in [4.69, 9.17) is 10.8 Å². The van der Waals surface area contributed by atoms with E-state index in [-0.39, 0.29) is 12.0 Å². The van der Waals surface area contributed by atoms with Gasteiger partial charge in [0.05, 0.1) is 18.3 Å². The molecule has 0 bridgehead atoms. The summed E-state index contributed by atoms with van der Waals surface area (Å²) in [5.41, 5.74) is 7.17. The zero-order valence-electron chi connectivity index (χ0n) is 9.15. The molecular weight excluding hydrogens is 238 g/mol. The SMILES string of the molecule is Nc1ncnc2c1ncn2C1CCC(CO)S1. The first-order valence-electron chi connectivity index (χ1n) is 5.49. The van der Waals surface area contributed by atoms with Crippen LogP contribution in [-0.2, 0) is 0 Å². The first kappa shape index (κ1) is 10.8. The van der Waals surface area contributed by atoms with Gasteiger partial charge in [0.15, 0.2) is 11.5 Å². The first-order chi connectivity index (χ1) is 8.29. The van der Waals surface area contributed by atoms with Crippen molar-refractivity contribution in [1.29, 1.82) is 0 Å². The van der Waals surface area contributed by atoms with Gasteiger partial charge in [0.25, 0.3) is 0 Å². The lowest BCUT2D eigenvalue weighted by atomic mass is 10.2. The Morgan fingerprint density at radius 3 is 3.06 bits per heavy atom. The topological polar surface area (TPSA) is 89.9 Å². The number of imidazole rings is 1. The molecule has 0 spiro atoms. The third kappa shape index (κ3) is 1.75. The quantitative estimate of drug-likeness (QED) is 0.820. The molecule has 0 amide bonds. The minimum Gasteiger partial charge on any atom is -0.395 e. The van der Waals surface area contributed by atoms with E-state index in [0.717, 1.165) is 18.5 Å². The predicted octanol–water partition coefficient (Wildman–Crippen LogP) is 0.795. The number of aliphatic hydroxyl groups is 1. The van der Waals surface area contributed by atoms with Gasteiger partial charge in [-0.1, -0.05) is 0 Å². The third-order valence-corrected chi connectivity index (χ3v) is 4.53. The minimum atomic E-state index is 0.227. The number of anilines is 1. The standard InChI is InChI=1S/C10H13N5OS/c11-9-8-10(13-4-12-9)15(5-14-8)7-2-1-6(3-16)17-7/h4-7,16H,1-3H2,(H2,11,12,13). The molecule has 7 heteroatoms. The molecule has 1 aliphatic heterocycles. The molecule has 3 heterocycles. The fourth-order valence-electron chi connectivity index (χ4n) is 2.11. The summed E-state index contributed by atoms with van der Waals surface area (Å²) in [6, 6.07) is 0. The van der Waals surface area contributed by atoms with Crippen molar-refractivity contribution in [1.82, 2.24) is 19.5 Å². The molecule has 3 N–H and O–H groups in total. The number of thioether (sulfide) groups is 1. The second kappa shape index (κ2) is 4.15. The number of nitrogen functional groups attached to an aromatic ring is 1. The maximum Gasteiger partial charge on any atom is 0.166 e. The van der Waals surface area contributed by atoms with E-state index in [2.05, 4.69) is 15.0 Å². The molecule has 1 aliphatic rings. The lowest BCUT2D eigenvalue weighted by Crippen LogP contribution is -2.04. The molecule has 2 atom stereocenters. The van der Waals surface area contributed by atoms with Crippen molar-refractivity contribution in [3.63, 3.8) is 0 Å². The first-order valence-corrected chi connectivity index (χ1v) is 6.43. The van der Waals surface area contributed by atoms with Crippen LogP contribution in [0.2, 0.25) is 0 Å². The van der Waals surface area contributed by atoms with Crippen LogP contribution in [0, 0.1) is 0 Å². The van der Waals surface area contributed by atoms with Crippen molar-refractivity contribution in [2.24, 2.45) is 0 Å². The fourth-order valence-corrected chi connectivity index (χ4v) is 3.47. The maximum absolute atomic E-state index is 9.15. The number of fused-ring (bicyclic) bond motifs is 1. The molecule has 90 valence electrons. The van der Waals surface area contributed by atoms with Crippen molar-refractivity contribution in [2.45, 2.75) is 23.5 Å². The number of nitrogens with zero attached hydrogens (tertiary/aromatic N) is 4.